The molecular formula is C45H56N4O4SSi. The molecule has 0 fully saturated rings. The zero-order valence-corrected chi connectivity index (χ0v) is 35.0. The number of rotatable bonds is 19. The van der Waals surface area contributed by atoms with Gasteiger partial charge >= 0.3 is 0 Å². The Labute approximate surface area is 328 Å². The number of hydrogen-bond acceptors (Lipinski definition) is 6. The maximum Gasteiger partial charge on any atom is 0.232 e. The second-order valence-electron chi connectivity index (χ2n) is 14.6. The molecule has 0 bridgehead atoms. The molecule has 0 unspecified atom stereocenters. The third-order valence-electron chi connectivity index (χ3n) is 10.8. The first-order chi connectivity index (χ1) is 26.5. The highest BCUT2D eigenvalue weighted by atomic mass is 32.2. The van der Waals surface area contributed by atoms with E-state index in [1.54, 1.807) is 0 Å². The van der Waals surface area contributed by atoms with E-state index in [1.165, 1.54) is 32.4 Å². The Kier molecular flexibility index (Phi) is 13.0. The largest absolute Gasteiger partial charge is 0.492 e. The predicted octanol–water partition coefficient (Wildman–Crippen LogP) is 9.61. The van der Waals surface area contributed by atoms with Gasteiger partial charge in [0, 0.05) is 56.3 Å². The van der Waals surface area contributed by atoms with Crippen LogP contribution in [0.25, 0.3) is 21.8 Å². The summed E-state index contributed by atoms with van der Waals surface area (Å²) in [5, 5.41) is 6.05. The first kappa shape index (κ1) is 40.1. The van der Waals surface area contributed by atoms with E-state index in [0.717, 1.165) is 52.8 Å². The number of fused-ring (bicyclic) bond motifs is 3. The number of nitrogens with zero attached hydrogens (tertiary/aromatic N) is 3. The molecule has 55 heavy (non-hydrogen) atoms. The van der Waals surface area contributed by atoms with Gasteiger partial charge in [-0.3, -0.25) is 4.31 Å². The molecule has 0 aliphatic heterocycles. The molecular weight excluding hydrogens is 721 g/mol. The number of aromatic nitrogens is 1. The molecule has 290 valence electrons. The minimum Gasteiger partial charge on any atom is -0.492 e. The van der Waals surface area contributed by atoms with Crippen LogP contribution in [0.1, 0.15) is 43.6 Å². The van der Waals surface area contributed by atoms with Crippen molar-refractivity contribution in [2.75, 3.05) is 49.3 Å². The predicted molar refractivity (Wildman–Crippen MR) is 233 cm³/mol. The number of anilines is 2. The van der Waals surface area contributed by atoms with Crippen LogP contribution in [-0.2, 0) is 27.5 Å². The molecule has 0 radical (unpaired) electrons. The molecule has 0 saturated heterocycles. The van der Waals surface area contributed by atoms with Gasteiger partial charge in [-0.05, 0) is 71.2 Å². The fourth-order valence-corrected chi connectivity index (χ4v) is 11.1. The second-order valence-corrected chi connectivity index (χ2v) is 21.2. The Hall–Kier alpha value is -4.61. The summed E-state index contributed by atoms with van der Waals surface area (Å²) in [4.78, 5) is 2.14. The molecule has 0 saturated carbocycles. The summed E-state index contributed by atoms with van der Waals surface area (Å²) in [5.74, 6) is 0.827. The van der Waals surface area contributed by atoms with E-state index < -0.39 is 18.3 Å². The lowest BCUT2D eigenvalue weighted by Crippen LogP contribution is -2.40. The Bertz CT molecular complexity index is 2270. The Balaban J connectivity index is 1.20. The first-order valence-electron chi connectivity index (χ1n) is 19.4. The Morgan fingerprint density at radius 3 is 2.00 bits per heavy atom. The van der Waals surface area contributed by atoms with Crippen LogP contribution in [0.3, 0.4) is 0 Å². The zero-order valence-electron chi connectivity index (χ0n) is 33.2. The van der Waals surface area contributed by atoms with Gasteiger partial charge in [0.25, 0.3) is 0 Å². The Morgan fingerprint density at radius 1 is 0.727 bits per heavy atom. The van der Waals surface area contributed by atoms with Crippen LogP contribution in [0.15, 0.2) is 121 Å². The number of benzene rings is 5. The van der Waals surface area contributed by atoms with Crippen molar-refractivity contribution in [1.29, 1.82) is 0 Å². The quantitative estimate of drug-likeness (QED) is 0.0653. The van der Waals surface area contributed by atoms with Crippen molar-refractivity contribution in [3.8, 4) is 5.75 Å². The molecule has 10 heteroatoms. The zero-order chi connectivity index (χ0) is 39.0. The summed E-state index contributed by atoms with van der Waals surface area (Å²) in [6, 6.07) is 44.3. The van der Waals surface area contributed by atoms with Crippen molar-refractivity contribution in [1.82, 2.24) is 9.88 Å². The van der Waals surface area contributed by atoms with Crippen LogP contribution in [0.2, 0.25) is 18.1 Å². The molecule has 0 amide bonds. The van der Waals surface area contributed by atoms with Crippen LogP contribution in [0.4, 0.5) is 11.4 Å². The average Bonchev–Trinajstić information content (AvgIpc) is 3.50. The standard InChI is InChI=1S/C45H56N4O4SSi/c1-7-55(8-2,9-3)53-45(37-21-16-22-39(29-37)49(54(6,50)51)34-36-19-14-11-15-20-36)32-46-27-28-52-40-24-26-42-41-25-23-38(47(4)5)30-43(41)48(44(42)31-40)33-35-17-12-10-13-18-35/h10-26,29-31,45-46H,7-9,27-28,32-34H2,1-6H3/t45-/m0/s1. The van der Waals surface area contributed by atoms with Crippen molar-refractivity contribution in [3.63, 3.8) is 0 Å². The van der Waals surface area contributed by atoms with Crippen LogP contribution in [0, 0.1) is 0 Å². The van der Waals surface area contributed by atoms with E-state index in [1.807, 2.05) is 48.5 Å². The summed E-state index contributed by atoms with van der Waals surface area (Å²) in [7, 11) is -1.41. The third kappa shape index (κ3) is 9.62. The van der Waals surface area contributed by atoms with E-state index in [0.29, 0.717) is 25.4 Å². The fourth-order valence-electron chi connectivity index (χ4n) is 7.40. The summed E-state index contributed by atoms with van der Waals surface area (Å²) in [6.07, 6.45) is 1.03. The molecule has 6 rings (SSSR count). The van der Waals surface area contributed by atoms with Gasteiger partial charge in [-0.2, -0.15) is 0 Å². The average molecular weight is 777 g/mol. The highest BCUT2D eigenvalue weighted by molar-refractivity contribution is 7.92. The van der Waals surface area contributed by atoms with E-state index in [9.17, 15) is 8.42 Å². The van der Waals surface area contributed by atoms with Gasteiger partial charge < -0.3 is 23.9 Å². The van der Waals surface area contributed by atoms with Crippen LogP contribution in [-0.4, -0.2) is 61.3 Å². The minimum absolute atomic E-state index is 0.235. The summed E-state index contributed by atoms with van der Waals surface area (Å²) >= 11 is 0. The monoisotopic (exact) mass is 776 g/mol. The molecule has 1 N–H and O–H groups in total. The topological polar surface area (TPSA) is 76.0 Å². The van der Waals surface area contributed by atoms with Crippen LogP contribution in [0.5, 0.6) is 5.75 Å². The molecule has 0 spiro atoms. The number of nitrogens with one attached hydrogen (secondary N) is 1. The molecule has 0 aliphatic rings. The SMILES string of the molecule is CC[Si](CC)(CC)O[C@@H](CNCCOc1ccc2c3ccc(N(C)C)cc3n(Cc3ccccc3)c2c1)c1cccc(N(Cc2ccccc2)S(C)(=O)=O)c1. The number of sulfonamides is 1. The first-order valence-corrected chi connectivity index (χ1v) is 23.8. The van der Waals surface area contributed by atoms with Crippen molar-refractivity contribution in [2.45, 2.75) is 58.1 Å². The molecule has 1 atom stereocenters. The highest BCUT2D eigenvalue weighted by Gasteiger charge is 2.33. The molecule has 6 aromatic rings. The van der Waals surface area contributed by atoms with Gasteiger partial charge in [0.05, 0.1) is 35.6 Å². The van der Waals surface area contributed by atoms with Crippen molar-refractivity contribution >= 4 is 51.5 Å². The lowest BCUT2D eigenvalue weighted by molar-refractivity contribution is 0.183. The van der Waals surface area contributed by atoms with E-state index in [4.69, 9.17) is 9.16 Å². The third-order valence-corrected chi connectivity index (χ3v) is 16.6. The lowest BCUT2D eigenvalue weighted by atomic mass is 10.1. The lowest BCUT2D eigenvalue weighted by Gasteiger charge is -2.34. The van der Waals surface area contributed by atoms with E-state index in [2.05, 4.69) is 122 Å². The normalized spacial score (nSPS) is 12.6. The molecule has 5 aromatic carbocycles. The van der Waals surface area contributed by atoms with Gasteiger partial charge in [-0.1, -0.05) is 99.6 Å². The molecule has 8 nitrogen and oxygen atoms in total. The number of hydrogen-bond donors (Lipinski definition) is 1. The van der Waals surface area contributed by atoms with Crippen LogP contribution >= 0.6 is 0 Å². The van der Waals surface area contributed by atoms with Crippen molar-refractivity contribution in [3.05, 3.63) is 138 Å². The van der Waals surface area contributed by atoms with Gasteiger partial charge in [0.1, 0.15) is 12.4 Å². The smallest absolute Gasteiger partial charge is 0.232 e. The maximum absolute atomic E-state index is 13.1. The Morgan fingerprint density at radius 2 is 1.36 bits per heavy atom. The maximum atomic E-state index is 13.1. The fraction of sp³-hybridized carbons (Fsp3) is 0.333. The second kappa shape index (κ2) is 17.9. The minimum atomic E-state index is -3.54. The van der Waals surface area contributed by atoms with Crippen molar-refractivity contribution < 1.29 is 17.6 Å². The molecule has 1 heterocycles. The van der Waals surface area contributed by atoms with Crippen molar-refractivity contribution in [2.24, 2.45) is 0 Å². The van der Waals surface area contributed by atoms with Gasteiger partial charge in [0.15, 0.2) is 8.32 Å². The molecule has 1 aromatic heterocycles. The summed E-state index contributed by atoms with van der Waals surface area (Å²) < 4.78 is 43.5. The summed E-state index contributed by atoms with van der Waals surface area (Å²) in [6.45, 7) is 9.41. The van der Waals surface area contributed by atoms with Gasteiger partial charge in [0.2, 0.25) is 10.0 Å². The van der Waals surface area contributed by atoms with E-state index >= 15 is 0 Å². The number of ether oxygens (including phenoxy) is 1. The van der Waals surface area contributed by atoms with Crippen LogP contribution < -0.4 is 19.3 Å². The molecule has 0 aliphatic carbocycles. The van der Waals surface area contributed by atoms with Gasteiger partial charge in [-0.15, -0.1) is 0 Å². The summed E-state index contributed by atoms with van der Waals surface area (Å²) in [5.41, 5.74) is 7.28. The van der Waals surface area contributed by atoms with E-state index in [-0.39, 0.29) is 12.6 Å². The van der Waals surface area contributed by atoms with Gasteiger partial charge in [-0.25, -0.2) is 8.42 Å². The highest BCUT2D eigenvalue weighted by Crippen LogP contribution is 2.35.